The van der Waals surface area contributed by atoms with Crippen molar-refractivity contribution in [2.24, 2.45) is 0 Å². The molecule has 0 aromatic rings. The Balaban J connectivity index is 2.48. The standard InChI is InChI=1S/C11H21N3O5S/c1-3-9(8-10(15)16)12-11(17)13-4-6-14(7-5-13)20(2,18)19/h9H,3-8H2,1-2H3,(H,12,17)(H,15,16). The predicted octanol–water partition coefficient (Wildman–Crippen LogP) is -0.473. The number of carbonyl (C=O) groups excluding carboxylic acids is 1. The summed E-state index contributed by atoms with van der Waals surface area (Å²) < 4.78 is 24.0. The molecule has 9 heteroatoms. The zero-order chi connectivity index (χ0) is 15.3. The van der Waals surface area contributed by atoms with Crippen molar-refractivity contribution in [1.29, 1.82) is 0 Å². The third kappa shape index (κ3) is 4.97. The van der Waals surface area contributed by atoms with Gasteiger partial charge in [-0.15, -0.1) is 0 Å². The molecule has 8 nitrogen and oxygen atoms in total. The summed E-state index contributed by atoms with van der Waals surface area (Å²) in [4.78, 5) is 24.1. The number of hydrogen-bond acceptors (Lipinski definition) is 4. The molecule has 1 saturated heterocycles. The summed E-state index contributed by atoms with van der Waals surface area (Å²) in [5.41, 5.74) is 0. The Morgan fingerprint density at radius 3 is 2.20 bits per heavy atom. The minimum atomic E-state index is -3.22. The molecular weight excluding hydrogens is 286 g/mol. The second-order valence-corrected chi connectivity index (χ2v) is 6.78. The Morgan fingerprint density at radius 1 is 1.25 bits per heavy atom. The van der Waals surface area contributed by atoms with Crippen LogP contribution < -0.4 is 5.32 Å². The summed E-state index contributed by atoms with van der Waals surface area (Å²) in [6, 6.07) is -0.751. The highest BCUT2D eigenvalue weighted by molar-refractivity contribution is 7.88. The summed E-state index contributed by atoms with van der Waals surface area (Å²) in [5.74, 6) is -0.959. The van der Waals surface area contributed by atoms with Crippen LogP contribution in [0.1, 0.15) is 19.8 Å². The molecule has 1 unspecified atom stereocenters. The van der Waals surface area contributed by atoms with E-state index in [1.54, 1.807) is 6.92 Å². The Labute approximate surface area is 118 Å². The maximum atomic E-state index is 12.0. The SMILES string of the molecule is CCC(CC(=O)O)NC(=O)N1CCN(S(C)(=O)=O)CC1. The van der Waals surface area contributed by atoms with Gasteiger partial charge < -0.3 is 15.3 Å². The summed E-state index contributed by atoms with van der Waals surface area (Å²) in [7, 11) is -3.22. The molecule has 0 saturated carbocycles. The average molecular weight is 307 g/mol. The predicted molar refractivity (Wildman–Crippen MR) is 72.9 cm³/mol. The lowest BCUT2D eigenvalue weighted by molar-refractivity contribution is -0.137. The van der Waals surface area contributed by atoms with E-state index in [0.717, 1.165) is 6.26 Å². The van der Waals surface area contributed by atoms with E-state index in [2.05, 4.69) is 5.32 Å². The lowest BCUT2D eigenvalue weighted by Crippen LogP contribution is -2.54. The fourth-order valence-corrected chi connectivity index (χ4v) is 2.82. The highest BCUT2D eigenvalue weighted by atomic mass is 32.2. The van der Waals surface area contributed by atoms with Gasteiger partial charge in [0.1, 0.15) is 0 Å². The molecule has 1 heterocycles. The van der Waals surface area contributed by atoms with Gasteiger partial charge in [0.05, 0.1) is 12.7 Å². The van der Waals surface area contributed by atoms with Crippen molar-refractivity contribution in [3.05, 3.63) is 0 Å². The molecule has 0 bridgehead atoms. The Morgan fingerprint density at radius 2 is 1.80 bits per heavy atom. The average Bonchev–Trinajstić information content (AvgIpc) is 2.36. The minimum absolute atomic E-state index is 0.119. The monoisotopic (exact) mass is 307 g/mol. The number of carboxylic acid groups (broad SMARTS) is 1. The van der Waals surface area contributed by atoms with Crippen LogP contribution in [0, 0.1) is 0 Å². The van der Waals surface area contributed by atoms with Gasteiger partial charge in [0.2, 0.25) is 10.0 Å². The summed E-state index contributed by atoms with van der Waals surface area (Å²) in [6.07, 6.45) is 1.55. The first kappa shape index (κ1) is 16.7. The first-order valence-electron chi connectivity index (χ1n) is 6.46. The van der Waals surface area contributed by atoms with Crippen molar-refractivity contribution >= 4 is 22.0 Å². The molecule has 1 rings (SSSR count). The van der Waals surface area contributed by atoms with Crippen LogP contribution in [-0.4, -0.2) is 73.2 Å². The van der Waals surface area contributed by atoms with Crippen LogP contribution in [-0.2, 0) is 14.8 Å². The molecule has 1 atom stereocenters. The third-order valence-electron chi connectivity index (χ3n) is 3.24. The van der Waals surface area contributed by atoms with Crippen LogP contribution in [0.25, 0.3) is 0 Å². The van der Waals surface area contributed by atoms with E-state index in [1.807, 2.05) is 0 Å². The third-order valence-corrected chi connectivity index (χ3v) is 4.54. The highest BCUT2D eigenvalue weighted by Gasteiger charge is 2.27. The topological polar surface area (TPSA) is 107 Å². The van der Waals surface area contributed by atoms with Gasteiger partial charge in [-0.25, -0.2) is 13.2 Å². The van der Waals surface area contributed by atoms with Crippen LogP contribution >= 0.6 is 0 Å². The zero-order valence-electron chi connectivity index (χ0n) is 11.7. The van der Waals surface area contributed by atoms with Crippen LogP contribution in [0.5, 0.6) is 0 Å². The highest BCUT2D eigenvalue weighted by Crippen LogP contribution is 2.07. The largest absolute Gasteiger partial charge is 0.481 e. The van der Waals surface area contributed by atoms with Gasteiger partial charge in [-0.2, -0.15) is 4.31 Å². The van der Waals surface area contributed by atoms with Crippen molar-refractivity contribution in [3.63, 3.8) is 0 Å². The van der Waals surface area contributed by atoms with Gasteiger partial charge in [0.25, 0.3) is 0 Å². The number of carboxylic acids is 1. The maximum absolute atomic E-state index is 12.0. The number of amides is 2. The van der Waals surface area contributed by atoms with Crippen LogP contribution in [0.3, 0.4) is 0 Å². The number of urea groups is 1. The van der Waals surface area contributed by atoms with Gasteiger partial charge >= 0.3 is 12.0 Å². The Hall–Kier alpha value is -1.35. The van der Waals surface area contributed by atoms with E-state index in [0.29, 0.717) is 19.5 Å². The molecule has 1 aliphatic heterocycles. The normalized spacial score (nSPS) is 18.6. The maximum Gasteiger partial charge on any atom is 0.317 e. The number of carbonyl (C=O) groups is 2. The molecule has 2 amide bonds. The van der Waals surface area contributed by atoms with E-state index in [-0.39, 0.29) is 25.5 Å². The molecule has 2 N–H and O–H groups in total. The van der Waals surface area contributed by atoms with E-state index < -0.39 is 22.0 Å². The molecule has 1 fully saturated rings. The van der Waals surface area contributed by atoms with Crippen molar-refractivity contribution in [2.75, 3.05) is 32.4 Å². The number of sulfonamides is 1. The van der Waals surface area contributed by atoms with Crippen LogP contribution in [0.15, 0.2) is 0 Å². The van der Waals surface area contributed by atoms with Crippen LogP contribution in [0.4, 0.5) is 4.79 Å². The van der Waals surface area contributed by atoms with E-state index in [4.69, 9.17) is 5.11 Å². The van der Waals surface area contributed by atoms with Crippen molar-refractivity contribution in [1.82, 2.24) is 14.5 Å². The molecule has 0 spiro atoms. The van der Waals surface area contributed by atoms with E-state index in [9.17, 15) is 18.0 Å². The molecule has 116 valence electrons. The lowest BCUT2D eigenvalue weighted by Gasteiger charge is -2.34. The molecule has 0 aromatic carbocycles. The number of aliphatic carboxylic acids is 1. The second kappa shape index (κ2) is 6.89. The van der Waals surface area contributed by atoms with Gasteiger partial charge in [-0.1, -0.05) is 6.92 Å². The quantitative estimate of drug-likeness (QED) is 0.714. The molecule has 1 aliphatic rings. The summed E-state index contributed by atoms with van der Waals surface area (Å²) in [6.45, 7) is 2.95. The first-order valence-corrected chi connectivity index (χ1v) is 8.31. The Bertz CT molecular complexity index is 457. The van der Waals surface area contributed by atoms with E-state index >= 15 is 0 Å². The van der Waals surface area contributed by atoms with Crippen molar-refractivity contribution < 1.29 is 23.1 Å². The fourth-order valence-electron chi connectivity index (χ4n) is 2.00. The molecular formula is C11H21N3O5S. The fraction of sp³-hybridized carbons (Fsp3) is 0.818. The smallest absolute Gasteiger partial charge is 0.317 e. The number of piperazine rings is 1. The number of nitrogens with one attached hydrogen (secondary N) is 1. The molecule has 0 aliphatic carbocycles. The van der Waals surface area contributed by atoms with Gasteiger partial charge in [0, 0.05) is 32.2 Å². The van der Waals surface area contributed by atoms with Gasteiger partial charge in [-0.05, 0) is 6.42 Å². The van der Waals surface area contributed by atoms with Gasteiger partial charge in [0.15, 0.2) is 0 Å². The molecule has 0 radical (unpaired) electrons. The van der Waals surface area contributed by atoms with Crippen molar-refractivity contribution in [3.8, 4) is 0 Å². The first-order chi connectivity index (χ1) is 9.24. The Kier molecular flexibility index (Phi) is 5.75. The number of rotatable bonds is 5. The molecule has 0 aromatic heterocycles. The zero-order valence-corrected chi connectivity index (χ0v) is 12.5. The number of nitrogens with zero attached hydrogens (tertiary/aromatic N) is 2. The van der Waals surface area contributed by atoms with E-state index in [1.165, 1.54) is 9.21 Å². The molecule has 20 heavy (non-hydrogen) atoms. The minimum Gasteiger partial charge on any atom is -0.481 e. The summed E-state index contributed by atoms with van der Waals surface area (Å²) in [5, 5.41) is 11.4. The second-order valence-electron chi connectivity index (χ2n) is 4.80. The lowest BCUT2D eigenvalue weighted by atomic mass is 10.1. The van der Waals surface area contributed by atoms with Crippen molar-refractivity contribution in [2.45, 2.75) is 25.8 Å². The van der Waals surface area contributed by atoms with Crippen LogP contribution in [0.2, 0.25) is 0 Å². The summed E-state index contributed by atoms with van der Waals surface area (Å²) >= 11 is 0. The number of hydrogen-bond donors (Lipinski definition) is 2. The van der Waals surface area contributed by atoms with Gasteiger partial charge in [-0.3, -0.25) is 4.79 Å².